The highest BCUT2D eigenvalue weighted by molar-refractivity contribution is 9.12. The Morgan fingerprint density at radius 2 is 1.90 bits per heavy atom. The molecule has 0 aromatic carbocycles. The fourth-order valence-electron chi connectivity index (χ4n) is 0.587. The molecule has 0 aliphatic heterocycles. The van der Waals surface area contributed by atoms with Gasteiger partial charge in [-0.2, -0.15) is 0 Å². The number of rotatable bonds is 4. The molecule has 0 aliphatic carbocycles. The van der Waals surface area contributed by atoms with Crippen LogP contribution in [-0.2, 0) is 5.11 Å². The van der Waals surface area contributed by atoms with Gasteiger partial charge in [-0.1, -0.05) is 45.7 Å². The van der Waals surface area contributed by atoms with Crippen molar-refractivity contribution in [3.05, 3.63) is 0 Å². The van der Waals surface area contributed by atoms with Crippen LogP contribution in [0.4, 0.5) is 0 Å². The molecule has 0 aromatic heterocycles. The van der Waals surface area contributed by atoms with Gasteiger partial charge < -0.3 is 0 Å². The molecule has 0 amide bonds. The summed E-state index contributed by atoms with van der Waals surface area (Å²) in [6, 6.07) is 0. The molecule has 0 fully saturated rings. The topological polar surface area (TPSA) is 19.9 Å². The van der Waals surface area contributed by atoms with Crippen molar-refractivity contribution in [2.75, 3.05) is 5.33 Å². The van der Waals surface area contributed by atoms with Crippen LogP contribution in [0.2, 0.25) is 0 Å². The van der Waals surface area contributed by atoms with Gasteiger partial charge in [0.1, 0.15) is 0 Å². The first-order chi connectivity index (χ1) is 4.57. The van der Waals surface area contributed by atoms with E-state index in [2.05, 4.69) is 31.9 Å². The molecule has 2 unspecified atom stereocenters. The lowest BCUT2D eigenvalue weighted by molar-refractivity contribution is 0.0439. The Morgan fingerprint density at radius 1 is 1.40 bits per heavy atom. The van der Waals surface area contributed by atoms with E-state index >= 15 is 0 Å². The van der Waals surface area contributed by atoms with Crippen molar-refractivity contribution in [2.45, 2.75) is 31.2 Å². The van der Waals surface area contributed by atoms with Crippen molar-refractivity contribution in [3.8, 4) is 0 Å². The number of alkyl halides is 2. The first kappa shape index (κ1) is 10.9. The molecule has 0 saturated carbocycles. The minimum absolute atomic E-state index is 0.249. The molecule has 0 bridgehead atoms. The van der Waals surface area contributed by atoms with E-state index < -0.39 is 6.10 Å². The van der Waals surface area contributed by atoms with E-state index in [9.17, 15) is 5.11 Å². The van der Waals surface area contributed by atoms with Crippen LogP contribution in [0, 0.1) is 5.92 Å². The molecule has 1 radical (unpaired) electrons. The lowest BCUT2D eigenvalue weighted by Gasteiger charge is -2.13. The molecule has 10 heavy (non-hydrogen) atoms. The maximum absolute atomic E-state index is 11.1. The Morgan fingerprint density at radius 3 is 2.20 bits per heavy atom. The maximum atomic E-state index is 11.1. The summed E-state index contributed by atoms with van der Waals surface area (Å²) in [5, 5.41) is 12.0. The molecule has 0 rings (SSSR count). The minimum Gasteiger partial charge on any atom is -0.233 e. The van der Waals surface area contributed by atoms with Gasteiger partial charge >= 0.3 is 0 Å². The van der Waals surface area contributed by atoms with Crippen molar-refractivity contribution in [1.82, 2.24) is 0 Å². The normalized spacial score (nSPS) is 17.4. The van der Waals surface area contributed by atoms with Gasteiger partial charge in [-0.25, -0.2) is 5.11 Å². The average Bonchev–Trinajstić information content (AvgIpc) is 1.87. The summed E-state index contributed by atoms with van der Waals surface area (Å²) in [7, 11) is 0. The molecular weight excluding hydrogens is 260 g/mol. The predicted molar refractivity (Wildman–Crippen MR) is 50.4 cm³/mol. The third-order valence-electron chi connectivity index (χ3n) is 1.40. The Labute approximate surface area is 79.5 Å². The van der Waals surface area contributed by atoms with E-state index in [0.29, 0.717) is 11.2 Å². The zero-order valence-corrected chi connectivity index (χ0v) is 9.48. The van der Waals surface area contributed by atoms with Crippen molar-refractivity contribution in [3.63, 3.8) is 0 Å². The van der Waals surface area contributed by atoms with Crippen molar-refractivity contribution in [1.29, 1.82) is 0 Å². The highest BCUT2D eigenvalue weighted by Crippen LogP contribution is 2.15. The molecule has 2 atom stereocenters. The SMILES string of the molecule is CC(C)C([O])CC(Br)CBr. The van der Waals surface area contributed by atoms with E-state index in [1.165, 1.54) is 0 Å². The quantitative estimate of drug-likeness (QED) is 0.702. The molecule has 1 nitrogen and oxygen atoms in total. The summed E-state index contributed by atoms with van der Waals surface area (Å²) in [4.78, 5) is 0.331. The lowest BCUT2D eigenvalue weighted by Crippen LogP contribution is -2.18. The molecule has 0 spiro atoms. The zero-order valence-electron chi connectivity index (χ0n) is 6.31. The van der Waals surface area contributed by atoms with Gasteiger partial charge in [0.15, 0.2) is 0 Å². The van der Waals surface area contributed by atoms with Gasteiger partial charge in [0.2, 0.25) is 0 Å². The van der Waals surface area contributed by atoms with Gasteiger partial charge in [-0.3, -0.25) is 0 Å². The Bertz CT molecular complexity index is 85.7. The second-order valence-corrected chi connectivity index (χ2v) is 4.71. The van der Waals surface area contributed by atoms with Crippen LogP contribution < -0.4 is 0 Å². The van der Waals surface area contributed by atoms with Gasteiger partial charge in [-0.05, 0) is 12.3 Å². The highest BCUT2D eigenvalue weighted by Gasteiger charge is 2.15. The van der Waals surface area contributed by atoms with E-state index in [0.717, 1.165) is 5.33 Å². The smallest absolute Gasteiger partial charge is 0.0963 e. The van der Waals surface area contributed by atoms with Crippen LogP contribution in [-0.4, -0.2) is 16.3 Å². The second-order valence-electron chi connectivity index (χ2n) is 2.77. The van der Waals surface area contributed by atoms with Gasteiger partial charge in [0.05, 0.1) is 6.10 Å². The summed E-state index contributed by atoms with van der Waals surface area (Å²) in [5.74, 6) is 0.249. The lowest BCUT2D eigenvalue weighted by atomic mass is 10.0. The summed E-state index contributed by atoms with van der Waals surface area (Å²) in [5.41, 5.74) is 0. The van der Waals surface area contributed by atoms with E-state index in [1.807, 2.05) is 13.8 Å². The number of hydrogen-bond acceptors (Lipinski definition) is 0. The molecule has 0 N–H and O–H groups in total. The molecule has 3 heteroatoms. The molecule has 0 heterocycles. The van der Waals surface area contributed by atoms with E-state index in [1.54, 1.807) is 0 Å². The van der Waals surface area contributed by atoms with Crippen LogP contribution in [0.1, 0.15) is 20.3 Å². The van der Waals surface area contributed by atoms with E-state index in [4.69, 9.17) is 0 Å². The molecule has 0 aromatic rings. The Kier molecular flexibility index (Phi) is 6.07. The molecule has 61 valence electrons. The third kappa shape index (κ3) is 4.69. The van der Waals surface area contributed by atoms with Gasteiger partial charge in [-0.15, -0.1) is 0 Å². The minimum atomic E-state index is -0.429. The fraction of sp³-hybridized carbons (Fsp3) is 1.00. The largest absolute Gasteiger partial charge is 0.233 e. The Hall–Kier alpha value is 0.920. The van der Waals surface area contributed by atoms with Gasteiger partial charge in [0.25, 0.3) is 0 Å². The second kappa shape index (κ2) is 5.56. The number of hydrogen-bond donors (Lipinski definition) is 0. The van der Waals surface area contributed by atoms with Crippen LogP contribution in [0.15, 0.2) is 0 Å². The van der Waals surface area contributed by atoms with Crippen LogP contribution in [0.5, 0.6) is 0 Å². The monoisotopic (exact) mass is 271 g/mol. The average molecular weight is 273 g/mol. The van der Waals surface area contributed by atoms with Crippen LogP contribution >= 0.6 is 31.9 Å². The maximum Gasteiger partial charge on any atom is 0.0963 e. The molecule has 0 aliphatic rings. The first-order valence-electron chi connectivity index (χ1n) is 3.43. The molecular formula is C7H13Br2O. The third-order valence-corrected chi connectivity index (χ3v) is 3.75. The van der Waals surface area contributed by atoms with Crippen LogP contribution in [0.3, 0.4) is 0 Å². The zero-order chi connectivity index (χ0) is 8.15. The van der Waals surface area contributed by atoms with Crippen molar-refractivity contribution < 1.29 is 5.11 Å². The fourth-order valence-corrected chi connectivity index (χ4v) is 1.22. The van der Waals surface area contributed by atoms with Crippen LogP contribution in [0.25, 0.3) is 0 Å². The summed E-state index contributed by atoms with van der Waals surface area (Å²) in [6.45, 7) is 3.93. The van der Waals surface area contributed by atoms with Crippen molar-refractivity contribution >= 4 is 31.9 Å². The standard InChI is InChI=1S/C7H13Br2O/c1-5(2)7(10)3-6(9)4-8/h5-7H,3-4H2,1-2H3. The summed E-state index contributed by atoms with van der Waals surface area (Å²) in [6.07, 6.45) is 0.282. The predicted octanol–water partition coefficient (Wildman–Crippen LogP) is 2.99. The Balaban J connectivity index is 3.46. The summed E-state index contributed by atoms with van der Waals surface area (Å²) >= 11 is 6.71. The van der Waals surface area contributed by atoms with Crippen molar-refractivity contribution in [2.24, 2.45) is 5.92 Å². The number of halogens is 2. The summed E-state index contributed by atoms with van der Waals surface area (Å²) < 4.78 is 0. The first-order valence-corrected chi connectivity index (χ1v) is 5.47. The van der Waals surface area contributed by atoms with Gasteiger partial charge in [0, 0.05) is 10.2 Å². The van der Waals surface area contributed by atoms with E-state index in [-0.39, 0.29) is 5.92 Å². The highest BCUT2D eigenvalue weighted by atomic mass is 79.9. The molecule has 0 saturated heterocycles.